The van der Waals surface area contributed by atoms with Crippen LogP contribution in [0.4, 0.5) is 5.82 Å². The van der Waals surface area contributed by atoms with E-state index in [1.165, 1.54) is 6.42 Å². The summed E-state index contributed by atoms with van der Waals surface area (Å²) in [5, 5.41) is 21.3. The van der Waals surface area contributed by atoms with Crippen LogP contribution in [0.15, 0.2) is 36.7 Å². The lowest BCUT2D eigenvalue weighted by atomic mass is 10.0. The molecule has 11 heteroatoms. The van der Waals surface area contributed by atoms with Crippen LogP contribution in [0, 0.1) is 0 Å². The van der Waals surface area contributed by atoms with Gasteiger partial charge in [-0.05, 0) is 36.2 Å². The Morgan fingerprint density at radius 3 is 1.86 bits per heavy atom. The van der Waals surface area contributed by atoms with E-state index in [9.17, 15) is 0 Å². The lowest BCUT2D eigenvalue weighted by molar-refractivity contribution is 0.0357. The van der Waals surface area contributed by atoms with Gasteiger partial charge in [0.15, 0.2) is 17.3 Å². The van der Waals surface area contributed by atoms with Gasteiger partial charge in [-0.3, -0.25) is 9.88 Å². The molecule has 2 aromatic heterocycles. The number of nitrogens with one attached hydrogen (secondary N) is 3. The average molecular weight is 699 g/mol. The smallest absolute Gasteiger partial charge is 0.161 e. The Balaban J connectivity index is 0.000000710. The van der Waals surface area contributed by atoms with Crippen LogP contribution in [0.25, 0.3) is 10.8 Å². The summed E-state index contributed by atoms with van der Waals surface area (Å²) in [7, 11) is 1.69. The molecule has 3 aliphatic heterocycles. The summed E-state index contributed by atoms with van der Waals surface area (Å²) >= 11 is 0. The first-order chi connectivity index (χ1) is 24.7. The molecule has 0 bridgehead atoms. The molecule has 0 atom stereocenters. The third-order valence-electron chi connectivity index (χ3n) is 7.60. The molecule has 6 rings (SSSR count). The number of hydrogen-bond acceptors (Lipinski definition) is 11. The van der Waals surface area contributed by atoms with E-state index in [2.05, 4.69) is 61.8 Å². The maximum absolute atomic E-state index is 6.26. The van der Waals surface area contributed by atoms with E-state index in [-0.39, 0.29) is 0 Å². The van der Waals surface area contributed by atoms with Gasteiger partial charge in [0.1, 0.15) is 0 Å². The van der Waals surface area contributed by atoms with Gasteiger partial charge in [0.25, 0.3) is 0 Å². The summed E-state index contributed by atoms with van der Waals surface area (Å²) < 4.78 is 17.5. The van der Waals surface area contributed by atoms with Crippen molar-refractivity contribution in [2.75, 3.05) is 104 Å². The number of morpholine rings is 1. The molecule has 3 aliphatic rings. The fourth-order valence-corrected chi connectivity index (χ4v) is 5.30. The highest BCUT2D eigenvalue weighted by atomic mass is 16.5. The van der Waals surface area contributed by atoms with Crippen LogP contribution in [0.1, 0.15) is 79.5 Å². The predicted octanol–water partition coefficient (Wildman–Crippen LogP) is 5.81. The monoisotopic (exact) mass is 699 g/mol. The summed E-state index contributed by atoms with van der Waals surface area (Å²) in [5.41, 5.74) is 2.06. The number of nitrogens with zero attached hydrogens (tertiary/aromatic N) is 5. The first kappa shape index (κ1) is 44.9. The van der Waals surface area contributed by atoms with Crippen molar-refractivity contribution in [3.05, 3.63) is 47.9 Å². The maximum atomic E-state index is 6.26. The molecule has 0 radical (unpaired) electrons. The first-order valence-corrected chi connectivity index (χ1v) is 19.3. The number of piperazine rings is 2. The fraction of sp³-hybridized carbons (Fsp3) is 0.667. The standard InChI is InChI=1S/C26H34N6O3.C4H10N2.C3H8.3C2H6/c1-33-24-18-21-22(19-25(24)35-14-2-9-31-12-15-34-16-13-31)26(32-10-7-28-8-11-32)30-29-23(21)17-20-3-5-27-6-4-20;1-2-6-4-3-5-1;1-3-2;3*1-2/h3-6,18-19,28H,2,7-17H2,1H3;5-6H,1-4H2;3H2,1-2H3;3*1-2H3. The fourth-order valence-electron chi connectivity index (χ4n) is 5.30. The van der Waals surface area contributed by atoms with Crippen molar-refractivity contribution < 1.29 is 14.2 Å². The Morgan fingerprint density at radius 2 is 1.30 bits per heavy atom. The van der Waals surface area contributed by atoms with Crippen LogP contribution in [0.5, 0.6) is 11.5 Å². The molecular weight excluding hydrogens is 628 g/mol. The normalized spacial score (nSPS) is 15.5. The molecule has 3 aromatic rings. The number of hydrogen-bond donors (Lipinski definition) is 3. The number of aromatic nitrogens is 3. The van der Waals surface area contributed by atoms with Crippen molar-refractivity contribution >= 4 is 16.6 Å². The summed E-state index contributed by atoms with van der Waals surface area (Å²) in [5.74, 6) is 2.38. The third kappa shape index (κ3) is 16.3. The molecule has 0 unspecified atom stereocenters. The zero-order valence-electron chi connectivity index (χ0n) is 32.9. The molecule has 11 nitrogen and oxygen atoms in total. The molecule has 3 fully saturated rings. The van der Waals surface area contributed by atoms with Crippen molar-refractivity contribution in [3.8, 4) is 11.5 Å². The average Bonchev–Trinajstić information content (AvgIpc) is 3.21. The second-order valence-electron chi connectivity index (χ2n) is 11.2. The van der Waals surface area contributed by atoms with Crippen LogP contribution in [-0.4, -0.2) is 119 Å². The van der Waals surface area contributed by atoms with Gasteiger partial charge in [-0.2, -0.15) is 5.10 Å². The highest BCUT2D eigenvalue weighted by molar-refractivity contribution is 5.96. The first-order valence-electron chi connectivity index (χ1n) is 19.3. The van der Waals surface area contributed by atoms with E-state index >= 15 is 0 Å². The minimum Gasteiger partial charge on any atom is -0.493 e. The highest BCUT2D eigenvalue weighted by Gasteiger charge is 2.20. The van der Waals surface area contributed by atoms with Crippen LogP contribution in [0.3, 0.4) is 0 Å². The number of anilines is 1. The highest BCUT2D eigenvalue weighted by Crippen LogP contribution is 2.37. The van der Waals surface area contributed by atoms with E-state index in [4.69, 9.17) is 19.3 Å². The van der Waals surface area contributed by atoms with Gasteiger partial charge in [0, 0.05) is 102 Å². The minimum atomic E-state index is 0.630. The Morgan fingerprint density at radius 1 is 0.740 bits per heavy atom. The second kappa shape index (κ2) is 29.6. The van der Waals surface area contributed by atoms with Gasteiger partial charge < -0.3 is 35.1 Å². The SMILES string of the molecule is C1CNCCN1.CC.CC.CC.CCC.COc1cc2c(Cc3ccncc3)nnc(N3CCNCC3)c2cc1OCCCN1CCOCC1. The molecule has 3 saturated heterocycles. The van der Waals surface area contributed by atoms with Crippen LogP contribution in [-0.2, 0) is 11.2 Å². The van der Waals surface area contributed by atoms with Crippen molar-refractivity contribution in [2.45, 2.75) is 74.7 Å². The van der Waals surface area contributed by atoms with Crippen LogP contribution >= 0.6 is 0 Å². The number of methoxy groups -OCH3 is 1. The molecule has 50 heavy (non-hydrogen) atoms. The van der Waals surface area contributed by atoms with Crippen molar-refractivity contribution in [3.63, 3.8) is 0 Å². The molecule has 0 spiro atoms. The summed E-state index contributed by atoms with van der Waals surface area (Å²) in [6.45, 7) is 29.7. The third-order valence-corrected chi connectivity index (χ3v) is 7.60. The molecule has 0 saturated carbocycles. The van der Waals surface area contributed by atoms with Gasteiger partial charge in [-0.25, -0.2) is 0 Å². The molecule has 1 aromatic carbocycles. The number of rotatable bonds is 9. The Kier molecular flexibility index (Phi) is 26.6. The molecule has 5 heterocycles. The van der Waals surface area contributed by atoms with E-state index in [0.717, 1.165) is 131 Å². The molecule has 0 aliphatic carbocycles. The zero-order valence-corrected chi connectivity index (χ0v) is 32.9. The summed E-state index contributed by atoms with van der Waals surface area (Å²) in [6.07, 6.45) is 6.50. The topological polar surface area (TPSA) is 109 Å². The Hall–Kier alpha value is -3.09. The molecular formula is C39H70N8O3. The lowest BCUT2D eigenvalue weighted by Crippen LogP contribution is -2.44. The maximum Gasteiger partial charge on any atom is 0.161 e. The Bertz CT molecular complexity index is 1210. The van der Waals surface area contributed by atoms with Crippen LogP contribution in [0.2, 0.25) is 0 Å². The summed E-state index contributed by atoms with van der Waals surface area (Å²) in [6, 6.07) is 8.18. The van der Waals surface area contributed by atoms with Crippen LogP contribution < -0.4 is 30.3 Å². The largest absolute Gasteiger partial charge is 0.493 e. The van der Waals surface area contributed by atoms with Gasteiger partial charge in [-0.1, -0.05) is 61.8 Å². The van der Waals surface area contributed by atoms with Gasteiger partial charge in [0.2, 0.25) is 0 Å². The number of fused-ring (bicyclic) bond motifs is 1. The minimum absolute atomic E-state index is 0.630. The van der Waals surface area contributed by atoms with Crippen molar-refractivity contribution in [1.29, 1.82) is 0 Å². The van der Waals surface area contributed by atoms with Gasteiger partial charge in [0.05, 0.1) is 32.6 Å². The lowest BCUT2D eigenvalue weighted by Gasteiger charge is -2.29. The molecule has 3 N–H and O–H groups in total. The van der Waals surface area contributed by atoms with Gasteiger partial charge >= 0.3 is 0 Å². The van der Waals surface area contributed by atoms with E-state index < -0.39 is 0 Å². The van der Waals surface area contributed by atoms with Gasteiger partial charge in [-0.15, -0.1) is 5.10 Å². The summed E-state index contributed by atoms with van der Waals surface area (Å²) in [4.78, 5) is 8.86. The van der Waals surface area contributed by atoms with E-state index in [0.29, 0.717) is 13.0 Å². The van der Waals surface area contributed by atoms with E-state index in [1.807, 2.05) is 66.1 Å². The number of benzene rings is 1. The molecule has 0 amide bonds. The quantitative estimate of drug-likeness (QED) is 0.236. The van der Waals surface area contributed by atoms with E-state index in [1.54, 1.807) is 7.11 Å². The number of pyridine rings is 1. The number of ether oxygens (including phenoxy) is 3. The Labute approximate surface area is 304 Å². The molecule has 284 valence electrons. The van der Waals surface area contributed by atoms with Crippen molar-refractivity contribution in [1.82, 2.24) is 36.0 Å². The van der Waals surface area contributed by atoms with Crippen molar-refractivity contribution in [2.24, 2.45) is 0 Å². The second-order valence-corrected chi connectivity index (χ2v) is 11.2. The zero-order chi connectivity index (χ0) is 36.8. The predicted molar refractivity (Wildman–Crippen MR) is 211 cm³/mol.